The number of carbonyl (C=O) groups excluding carboxylic acids is 3. The number of ether oxygens (including phenoxy) is 2. The largest absolute Gasteiger partial charge is 0.465 e. The van der Waals surface area contributed by atoms with Crippen molar-refractivity contribution in [3.05, 3.63) is 29.3 Å². The molecule has 0 radical (unpaired) electrons. The average molecular weight is 383 g/mol. The van der Waals surface area contributed by atoms with Crippen LogP contribution in [-0.4, -0.2) is 51.5 Å². The number of methoxy groups -OCH3 is 1. The van der Waals surface area contributed by atoms with Gasteiger partial charge in [-0.25, -0.2) is 13.2 Å². The molecule has 9 heteroatoms. The molecule has 0 spiro atoms. The summed E-state index contributed by atoms with van der Waals surface area (Å²) in [5.41, 5.74) is 1.43. The molecule has 2 rings (SSSR count). The minimum Gasteiger partial charge on any atom is -0.465 e. The Morgan fingerprint density at radius 1 is 1.27 bits per heavy atom. The van der Waals surface area contributed by atoms with Gasteiger partial charge in [0.2, 0.25) is 0 Å². The van der Waals surface area contributed by atoms with Gasteiger partial charge in [-0.05, 0) is 37.0 Å². The second-order valence-corrected chi connectivity index (χ2v) is 8.43. The van der Waals surface area contributed by atoms with Crippen molar-refractivity contribution < 1.29 is 32.3 Å². The van der Waals surface area contributed by atoms with Gasteiger partial charge in [-0.2, -0.15) is 0 Å². The van der Waals surface area contributed by atoms with E-state index in [0.29, 0.717) is 12.1 Å². The van der Waals surface area contributed by atoms with Gasteiger partial charge in [0.05, 0.1) is 24.2 Å². The fourth-order valence-corrected chi connectivity index (χ4v) is 4.52. The molecular weight excluding hydrogens is 362 g/mol. The lowest BCUT2D eigenvalue weighted by molar-refractivity contribution is -0.148. The summed E-state index contributed by atoms with van der Waals surface area (Å²) in [6.45, 7) is 1.27. The maximum Gasteiger partial charge on any atom is 0.337 e. The number of aryl methyl sites for hydroxylation is 1. The predicted molar refractivity (Wildman–Crippen MR) is 93.5 cm³/mol. The van der Waals surface area contributed by atoms with Gasteiger partial charge in [-0.15, -0.1) is 0 Å². The standard InChI is InChI=1S/C17H21NO7S/c1-11-3-4-13(17(21)24-2)8-14(11)18-15(19)9-25-16(20)7-12-5-6-26(22,23)10-12/h3-4,8,12H,5-7,9-10H2,1-2H3,(H,18,19)/t12-/m1/s1. The average Bonchev–Trinajstić information content (AvgIpc) is 2.92. The van der Waals surface area contributed by atoms with Crippen LogP contribution in [0.3, 0.4) is 0 Å². The van der Waals surface area contributed by atoms with Crippen LogP contribution in [0.2, 0.25) is 0 Å². The number of hydrogen-bond donors (Lipinski definition) is 1. The van der Waals surface area contributed by atoms with Gasteiger partial charge in [-0.1, -0.05) is 6.07 Å². The topological polar surface area (TPSA) is 116 Å². The molecule has 8 nitrogen and oxygen atoms in total. The van der Waals surface area contributed by atoms with Gasteiger partial charge in [0.25, 0.3) is 5.91 Å². The van der Waals surface area contributed by atoms with Crippen molar-refractivity contribution in [1.82, 2.24) is 0 Å². The normalized spacial score (nSPS) is 18.2. The Kier molecular flexibility index (Phi) is 6.36. The summed E-state index contributed by atoms with van der Waals surface area (Å²) in [5.74, 6) is -1.88. The van der Waals surface area contributed by atoms with Crippen LogP contribution in [0.15, 0.2) is 18.2 Å². The summed E-state index contributed by atoms with van der Waals surface area (Å²) in [4.78, 5) is 35.3. The molecule has 1 aromatic rings. The van der Waals surface area contributed by atoms with Crippen molar-refractivity contribution >= 4 is 33.4 Å². The maximum absolute atomic E-state index is 12.0. The monoisotopic (exact) mass is 383 g/mol. The van der Waals surface area contributed by atoms with Crippen LogP contribution in [-0.2, 0) is 28.9 Å². The van der Waals surface area contributed by atoms with Gasteiger partial charge in [0.15, 0.2) is 16.4 Å². The molecule has 1 aromatic carbocycles. The van der Waals surface area contributed by atoms with Gasteiger partial charge in [0, 0.05) is 12.1 Å². The molecule has 0 unspecified atom stereocenters. The predicted octanol–water partition coefficient (Wildman–Crippen LogP) is 1.09. The summed E-state index contributed by atoms with van der Waals surface area (Å²) in [5, 5.41) is 2.57. The lowest BCUT2D eigenvalue weighted by atomic mass is 10.1. The zero-order chi connectivity index (χ0) is 19.3. The van der Waals surface area contributed by atoms with Crippen molar-refractivity contribution in [1.29, 1.82) is 0 Å². The third-order valence-corrected chi connectivity index (χ3v) is 5.92. The molecule has 1 aliphatic heterocycles. The number of hydrogen-bond acceptors (Lipinski definition) is 7. The van der Waals surface area contributed by atoms with Gasteiger partial charge >= 0.3 is 11.9 Å². The quantitative estimate of drug-likeness (QED) is 0.731. The molecule has 1 N–H and O–H groups in total. The molecule has 1 heterocycles. The number of amides is 1. The first-order chi connectivity index (χ1) is 12.2. The lowest BCUT2D eigenvalue weighted by Crippen LogP contribution is -2.22. The van der Waals surface area contributed by atoms with Crippen molar-refractivity contribution in [2.24, 2.45) is 5.92 Å². The molecule has 1 atom stereocenters. The molecular formula is C17H21NO7S. The van der Waals surface area contributed by atoms with Crippen LogP contribution in [0.25, 0.3) is 0 Å². The first-order valence-electron chi connectivity index (χ1n) is 8.05. The zero-order valence-corrected chi connectivity index (χ0v) is 15.4. The highest BCUT2D eigenvalue weighted by molar-refractivity contribution is 7.91. The first-order valence-corrected chi connectivity index (χ1v) is 9.87. The van der Waals surface area contributed by atoms with Crippen molar-refractivity contribution in [2.75, 3.05) is 30.5 Å². The number of nitrogens with one attached hydrogen (secondary N) is 1. The molecule has 0 bridgehead atoms. The van der Waals surface area contributed by atoms with E-state index in [0.717, 1.165) is 5.56 Å². The minimum absolute atomic E-state index is 0.0200. The number of benzene rings is 1. The lowest BCUT2D eigenvalue weighted by Gasteiger charge is -2.11. The fraction of sp³-hybridized carbons (Fsp3) is 0.471. The third-order valence-electron chi connectivity index (χ3n) is 4.08. The number of esters is 2. The first kappa shape index (κ1) is 19.9. The Morgan fingerprint density at radius 3 is 2.62 bits per heavy atom. The van der Waals surface area contributed by atoms with E-state index in [1.54, 1.807) is 19.1 Å². The molecule has 0 aliphatic carbocycles. The SMILES string of the molecule is COC(=O)c1ccc(C)c(NC(=O)COC(=O)C[C@H]2CCS(=O)(=O)C2)c1. The molecule has 0 aromatic heterocycles. The number of sulfone groups is 1. The molecule has 1 saturated heterocycles. The Balaban J connectivity index is 1.85. The van der Waals surface area contributed by atoms with Crippen LogP contribution < -0.4 is 5.32 Å². The van der Waals surface area contributed by atoms with Crippen molar-refractivity contribution in [3.63, 3.8) is 0 Å². The Bertz CT molecular complexity index is 816. The molecule has 1 amide bonds. The van der Waals surface area contributed by atoms with E-state index in [-0.39, 0.29) is 29.4 Å². The smallest absolute Gasteiger partial charge is 0.337 e. The van der Waals surface area contributed by atoms with E-state index in [1.165, 1.54) is 13.2 Å². The Labute approximate surface area is 151 Å². The molecule has 142 valence electrons. The van der Waals surface area contributed by atoms with E-state index < -0.39 is 34.3 Å². The Morgan fingerprint density at radius 2 is 2.00 bits per heavy atom. The second-order valence-electron chi connectivity index (χ2n) is 6.20. The van der Waals surface area contributed by atoms with E-state index in [4.69, 9.17) is 4.74 Å². The number of rotatable bonds is 6. The summed E-state index contributed by atoms with van der Waals surface area (Å²) in [6, 6.07) is 4.71. The Hall–Kier alpha value is -2.42. The molecule has 1 fully saturated rings. The minimum atomic E-state index is -3.06. The second kappa shape index (κ2) is 8.31. The fourth-order valence-electron chi connectivity index (χ4n) is 2.66. The van der Waals surface area contributed by atoms with Crippen LogP contribution in [0.1, 0.15) is 28.8 Å². The van der Waals surface area contributed by atoms with Gasteiger partial charge in [-0.3, -0.25) is 9.59 Å². The van der Waals surface area contributed by atoms with E-state index in [2.05, 4.69) is 10.1 Å². The summed E-state index contributed by atoms with van der Waals surface area (Å²) < 4.78 is 32.3. The highest BCUT2D eigenvalue weighted by Gasteiger charge is 2.30. The van der Waals surface area contributed by atoms with Crippen LogP contribution >= 0.6 is 0 Å². The van der Waals surface area contributed by atoms with Crippen LogP contribution in [0.4, 0.5) is 5.69 Å². The van der Waals surface area contributed by atoms with Crippen LogP contribution in [0, 0.1) is 12.8 Å². The highest BCUT2D eigenvalue weighted by Crippen LogP contribution is 2.22. The zero-order valence-electron chi connectivity index (χ0n) is 14.6. The number of carbonyl (C=O) groups is 3. The van der Waals surface area contributed by atoms with Gasteiger partial charge in [0.1, 0.15) is 0 Å². The summed E-state index contributed by atoms with van der Waals surface area (Å²) >= 11 is 0. The molecule has 26 heavy (non-hydrogen) atoms. The van der Waals surface area contributed by atoms with Crippen molar-refractivity contribution in [2.45, 2.75) is 19.8 Å². The number of anilines is 1. The van der Waals surface area contributed by atoms with E-state index in [9.17, 15) is 22.8 Å². The third kappa shape index (κ3) is 5.55. The van der Waals surface area contributed by atoms with E-state index in [1.807, 2.05) is 0 Å². The van der Waals surface area contributed by atoms with Crippen LogP contribution in [0.5, 0.6) is 0 Å². The molecule has 1 aliphatic rings. The van der Waals surface area contributed by atoms with Gasteiger partial charge < -0.3 is 14.8 Å². The summed E-state index contributed by atoms with van der Waals surface area (Å²) in [7, 11) is -1.80. The van der Waals surface area contributed by atoms with E-state index >= 15 is 0 Å². The van der Waals surface area contributed by atoms with Crippen molar-refractivity contribution in [3.8, 4) is 0 Å². The molecule has 0 saturated carbocycles. The highest BCUT2D eigenvalue weighted by atomic mass is 32.2. The summed E-state index contributed by atoms with van der Waals surface area (Å²) in [6.07, 6.45) is 0.409. The maximum atomic E-state index is 12.0.